The lowest BCUT2D eigenvalue weighted by Gasteiger charge is -2.08. The van der Waals surface area contributed by atoms with E-state index < -0.39 is 23.3 Å². The number of benzene rings is 2. The van der Waals surface area contributed by atoms with Gasteiger partial charge >= 0.3 is 0 Å². The third kappa shape index (κ3) is 2.82. The molecule has 0 atom stereocenters. The second kappa shape index (κ2) is 5.24. The molecule has 3 nitrogen and oxygen atoms in total. The monoisotopic (exact) mass is 283 g/mol. The van der Waals surface area contributed by atoms with Gasteiger partial charge in [0.1, 0.15) is 11.6 Å². The molecule has 0 aliphatic heterocycles. The number of carbonyl (C=O) groups excluding carboxylic acids is 1. The molecule has 2 aromatic rings. The molecule has 98 valence electrons. The number of aromatic hydroxyl groups is 1. The summed E-state index contributed by atoms with van der Waals surface area (Å²) in [5.41, 5.74) is -0.444. The number of rotatable bonds is 2. The maximum atomic E-state index is 13.6. The molecule has 2 N–H and O–H groups in total. The predicted octanol–water partition coefficient (Wildman–Crippen LogP) is 3.58. The summed E-state index contributed by atoms with van der Waals surface area (Å²) in [5.74, 6) is -2.72. The summed E-state index contributed by atoms with van der Waals surface area (Å²) >= 11 is 5.56. The largest absolute Gasteiger partial charge is 0.507 e. The number of phenols is 1. The van der Waals surface area contributed by atoms with Crippen LogP contribution in [0.1, 0.15) is 10.4 Å². The van der Waals surface area contributed by atoms with Gasteiger partial charge in [-0.1, -0.05) is 17.7 Å². The average molecular weight is 284 g/mol. The van der Waals surface area contributed by atoms with E-state index in [1.165, 1.54) is 18.2 Å². The summed E-state index contributed by atoms with van der Waals surface area (Å²) in [6, 6.07) is 6.98. The molecule has 0 unspecified atom stereocenters. The van der Waals surface area contributed by atoms with Crippen molar-refractivity contribution in [2.24, 2.45) is 0 Å². The van der Waals surface area contributed by atoms with Gasteiger partial charge in [0.05, 0.1) is 16.3 Å². The number of anilines is 1. The molecule has 0 spiro atoms. The number of nitrogens with one attached hydrogen (secondary N) is 1. The molecular weight excluding hydrogens is 276 g/mol. The predicted molar refractivity (Wildman–Crippen MR) is 67.4 cm³/mol. The molecule has 0 bridgehead atoms. The zero-order chi connectivity index (χ0) is 14.0. The Kier molecular flexibility index (Phi) is 3.66. The van der Waals surface area contributed by atoms with Crippen LogP contribution in [0.25, 0.3) is 0 Å². The van der Waals surface area contributed by atoms with Crippen molar-refractivity contribution >= 4 is 23.2 Å². The SMILES string of the molecule is O=C(Nc1cccc(Cl)c1F)c1cc(F)ccc1O. The van der Waals surface area contributed by atoms with Crippen LogP contribution in [-0.4, -0.2) is 11.0 Å². The highest BCUT2D eigenvalue weighted by molar-refractivity contribution is 6.31. The second-order valence-electron chi connectivity index (χ2n) is 3.72. The molecule has 0 aliphatic carbocycles. The summed E-state index contributed by atoms with van der Waals surface area (Å²) in [6.45, 7) is 0. The summed E-state index contributed by atoms with van der Waals surface area (Å²) in [7, 11) is 0. The van der Waals surface area contributed by atoms with Crippen LogP contribution in [-0.2, 0) is 0 Å². The summed E-state index contributed by atoms with van der Waals surface area (Å²) in [6.07, 6.45) is 0. The fraction of sp³-hybridized carbons (Fsp3) is 0. The average Bonchev–Trinajstić information content (AvgIpc) is 2.38. The molecular formula is C13H8ClF2NO2. The first kappa shape index (κ1) is 13.3. The topological polar surface area (TPSA) is 49.3 Å². The number of halogens is 3. The molecule has 0 saturated carbocycles. The van der Waals surface area contributed by atoms with Crippen LogP contribution in [0, 0.1) is 11.6 Å². The molecule has 19 heavy (non-hydrogen) atoms. The van der Waals surface area contributed by atoms with Gasteiger partial charge in [0.2, 0.25) is 0 Å². The Balaban J connectivity index is 2.31. The van der Waals surface area contributed by atoms with Gasteiger partial charge < -0.3 is 10.4 Å². The zero-order valence-corrected chi connectivity index (χ0v) is 10.2. The minimum absolute atomic E-state index is 0.152. The summed E-state index contributed by atoms with van der Waals surface area (Å²) in [5, 5.41) is 11.5. The Morgan fingerprint density at radius 2 is 1.95 bits per heavy atom. The van der Waals surface area contributed by atoms with Gasteiger partial charge in [-0.05, 0) is 30.3 Å². The highest BCUT2D eigenvalue weighted by Crippen LogP contribution is 2.24. The number of hydrogen-bond acceptors (Lipinski definition) is 2. The third-order valence-electron chi connectivity index (χ3n) is 2.40. The molecule has 0 aromatic heterocycles. The van der Waals surface area contributed by atoms with E-state index in [0.29, 0.717) is 0 Å². The van der Waals surface area contributed by atoms with Crippen LogP contribution in [0.3, 0.4) is 0 Å². The second-order valence-corrected chi connectivity index (χ2v) is 4.12. The van der Waals surface area contributed by atoms with Gasteiger partial charge in [0, 0.05) is 0 Å². The van der Waals surface area contributed by atoms with Crippen LogP contribution >= 0.6 is 11.6 Å². The summed E-state index contributed by atoms with van der Waals surface area (Å²) < 4.78 is 26.6. The fourth-order valence-corrected chi connectivity index (χ4v) is 1.65. The maximum Gasteiger partial charge on any atom is 0.259 e. The van der Waals surface area contributed by atoms with E-state index in [0.717, 1.165) is 18.2 Å². The Morgan fingerprint density at radius 3 is 2.68 bits per heavy atom. The molecule has 2 aromatic carbocycles. The lowest BCUT2D eigenvalue weighted by atomic mass is 10.1. The Bertz CT molecular complexity index is 647. The Hall–Kier alpha value is -2.14. The molecule has 0 heterocycles. The van der Waals surface area contributed by atoms with Crippen molar-refractivity contribution in [1.29, 1.82) is 0 Å². The standard InChI is InChI=1S/C13H8ClF2NO2/c14-9-2-1-3-10(12(9)16)17-13(19)8-6-7(15)4-5-11(8)18/h1-6,18H,(H,17,19). The smallest absolute Gasteiger partial charge is 0.259 e. The van der Waals surface area contributed by atoms with E-state index in [1.807, 2.05) is 0 Å². The van der Waals surface area contributed by atoms with Crippen LogP contribution in [0.15, 0.2) is 36.4 Å². The van der Waals surface area contributed by atoms with Crippen LogP contribution < -0.4 is 5.32 Å². The quantitative estimate of drug-likeness (QED) is 0.885. The molecule has 1 amide bonds. The highest BCUT2D eigenvalue weighted by atomic mass is 35.5. The third-order valence-corrected chi connectivity index (χ3v) is 2.69. The molecule has 2 rings (SSSR count). The Morgan fingerprint density at radius 1 is 1.21 bits per heavy atom. The minimum atomic E-state index is -0.835. The maximum absolute atomic E-state index is 13.6. The van der Waals surface area contributed by atoms with Crippen molar-refractivity contribution in [2.45, 2.75) is 0 Å². The van der Waals surface area contributed by atoms with E-state index in [-0.39, 0.29) is 16.3 Å². The van der Waals surface area contributed by atoms with Crippen molar-refractivity contribution in [3.05, 3.63) is 58.6 Å². The van der Waals surface area contributed by atoms with Crippen molar-refractivity contribution in [1.82, 2.24) is 0 Å². The minimum Gasteiger partial charge on any atom is -0.507 e. The highest BCUT2D eigenvalue weighted by Gasteiger charge is 2.15. The van der Waals surface area contributed by atoms with E-state index in [1.54, 1.807) is 0 Å². The zero-order valence-electron chi connectivity index (χ0n) is 9.45. The van der Waals surface area contributed by atoms with Gasteiger partial charge in [-0.3, -0.25) is 4.79 Å². The van der Waals surface area contributed by atoms with Crippen molar-refractivity contribution in [3.63, 3.8) is 0 Å². The normalized spacial score (nSPS) is 10.3. The lowest BCUT2D eigenvalue weighted by molar-refractivity contribution is 0.102. The van der Waals surface area contributed by atoms with E-state index in [4.69, 9.17) is 11.6 Å². The Labute approximate surface area is 112 Å². The van der Waals surface area contributed by atoms with E-state index >= 15 is 0 Å². The number of phenolic OH excluding ortho intramolecular Hbond substituents is 1. The molecule has 0 saturated heterocycles. The van der Waals surface area contributed by atoms with Crippen LogP contribution in [0.5, 0.6) is 5.75 Å². The van der Waals surface area contributed by atoms with E-state index in [9.17, 15) is 18.7 Å². The van der Waals surface area contributed by atoms with Crippen molar-refractivity contribution < 1.29 is 18.7 Å². The van der Waals surface area contributed by atoms with Crippen LogP contribution in [0.2, 0.25) is 5.02 Å². The molecule has 0 fully saturated rings. The van der Waals surface area contributed by atoms with Gasteiger partial charge in [-0.2, -0.15) is 0 Å². The number of amides is 1. The first-order chi connectivity index (χ1) is 8.99. The van der Waals surface area contributed by atoms with Crippen molar-refractivity contribution in [2.75, 3.05) is 5.32 Å². The van der Waals surface area contributed by atoms with Gasteiger partial charge in [0.15, 0.2) is 5.82 Å². The fourth-order valence-electron chi connectivity index (χ4n) is 1.48. The number of hydrogen-bond donors (Lipinski definition) is 2. The van der Waals surface area contributed by atoms with Gasteiger partial charge in [-0.15, -0.1) is 0 Å². The number of carbonyl (C=O) groups is 1. The van der Waals surface area contributed by atoms with E-state index in [2.05, 4.69) is 5.32 Å². The summed E-state index contributed by atoms with van der Waals surface area (Å²) in [4.78, 5) is 11.8. The molecule has 0 radical (unpaired) electrons. The first-order valence-corrected chi connectivity index (χ1v) is 5.60. The van der Waals surface area contributed by atoms with Crippen molar-refractivity contribution in [3.8, 4) is 5.75 Å². The van der Waals surface area contributed by atoms with Gasteiger partial charge in [0.25, 0.3) is 5.91 Å². The molecule has 6 heteroatoms. The first-order valence-electron chi connectivity index (χ1n) is 5.23. The lowest BCUT2D eigenvalue weighted by Crippen LogP contribution is -2.13. The molecule has 0 aliphatic rings. The van der Waals surface area contributed by atoms with Gasteiger partial charge in [-0.25, -0.2) is 8.78 Å². The van der Waals surface area contributed by atoms with Crippen LogP contribution in [0.4, 0.5) is 14.5 Å².